The third-order valence-electron chi connectivity index (χ3n) is 5.52. The number of hydrogen-bond donors (Lipinski definition) is 5. The number of piperidine rings is 1. The zero-order chi connectivity index (χ0) is 22.4. The summed E-state index contributed by atoms with van der Waals surface area (Å²) >= 11 is 1.77. The standard InChI is InChI=1S/C21H31N7O2S/c1-13-4-2-5-15-18(13)26-17(27-19(15)29)12-31-14-7-10-28(11-8-14)20(30)16(22)6-3-9-25-21(23)24/h2,4-5,14,16H,3,6-12,22H2,1H3,(H4,23,24,25)(H,26,27,29). The van der Waals surface area contributed by atoms with Gasteiger partial charge in [0.15, 0.2) is 5.96 Å². The Kier molecular flexibility index (Phi) is 7.91. The van der Waals surface area contributed by atoms with Crippen LogP contribution in [-0.4, -0.2) is 57.7 Å². The number of benzene rings is 1. The SMILES string of the molecule is Cc1cccc2c(=O)[nH]c(CSC3CCN(C(=O)C(N)CCCNC(=N)N)CC3)nc12. The number of H-pyrrole nitrogens is 1. The molecule has 0 aliphatic carbocycles. The van der Waals surface area contributed by atoms with Crippen LogP contribution in [-0.2, 0) is 10.5 Å². The van der Waals surface area contributed by atoms with Crippen LogP contribution in [0.2, 0.25) is 0 Å². The summed E-state index contributed by atoms with van der Waals surface area (Å²) in [6, 6.07) is 5.10. The Morgan fingerprint density at radius 1 is 1.42 bits per heavy atom. The number of para-hydroxylation sites is 1. The molecule has 0 saturated carbocycles. The molecule has 31 heavy (non-hydrogen) atoms. The molecule has 1 atom stereocenters. The Labute approximate surface area is 185 Å². The maximum absolute atomic E-state index is 12.6. The van der Waals surface area contributed by atoms with Gasteiger partial charge >= 0.3 is 0 Å². The highest BCUT2D eigenvalue weighted by Gasteiger charge is 2.26. The van der Waals surface area contributed by atoms with Crippen LogP contribution in [0, 0.1) is 12.3 Å². The van der Waals surface area contributed by atoms with E-state index in [2.05, 4.69) is 15.3 Å². The number of nitrogens with one attached hydrogen (secondary N) is 3. The monoisotopic (exact) mass is 445 g/mol. The minimum atomic E-state index is -0.520. The van der Waals surface area contributed by atoms with Gasteiger partial charge < -0.3 is 26.7 Å². The van der Waals surface area contributed by atoms with Crippen molar-refractivity contribution in [3.05, 3.63) is 39.9 Å². The van der Waals surface area contributed by atoms with Crippen LogP contribution >= 0.6 is 11.8 Å². The third-order valence-corrected chi connectivity index (χ3v) is 6.90. The van der Waals surface area contributed by atoms with Crippen molar-refractivity contribution in [1.29, 1.82) is 5.41 Å². The third kappa shape index (κ3) is 6.20. The summed E-state index contributed by atoms with van der Waals surface area (Å²) in [5.41, 5.74) is 13.0. The highest BCUT2D eigenvalue weighted by Crippen LogP contribution is 2.26. The molecule has 2 heterocycles. The Hall–Kier alpha value is -2.59. The number of thioether (sulfide) groups is 1. The molecule has 1 fully saturated rings. The first kappa shape index (κ1) is 23.1. The summed E-state index contributed by atoms with van der Waals surface area (Å²) in [6.45, 7) is 3.88. The van der Waals surface area contributed by atoms with Crippen LogP contribution in [0.25, 0.3) is 10.9 Å². The molecule has 1 aromatic carbocycles. The molecule has 1 aliphatic heterocycles. The lowest BCUT2D eigenvalue weighted by atomic mass is 10.1. The maximum atomic E-state index is 12.6. The molecule has 1 aliphatic rings. The van der Waals surface area contributed by atoms with Gasteiger partial charge in [0, 0.05) is 24.9 Å². The first-order valence-corrected chi connectivity index (χ1v) is 11.6. The number of aryl methyl sites for hydroxylation is 1. The fraction of sp³-hybridized carbons (Fsp3) is 0.524. The molecule has 0 radical (unpaired) electrons. The summed E-state index contributed by atoms with van der Waals surface area (Å²) in [6.07, 6.45) is 3.04. The van der Waals surface area contributed by atoms with Crippen molar-refractivity contribution >= 4 is 34.5 Å². The number of amides is 1. The molecule has 3 rings (SSSR count). The van der Waals surface area contributed by atoms with Crippen molar-refractivity contribution < 1.29 is 4.79 Å². The summed E-state index contributed by atoms with van der Waals surface area (Å²) in [5.74, 6) is 1.25. The smallest absolute Gasteiger partial charge is 0.258 e. The van der Waals surface area contributed by atoms with Gasteiger partial charge in [0.25, 0.3) is 5.56 Å². The van der Waals surface area contributed by atoms with Crippen LogP contribution in [0.1, 0.15) is 37.1 Å². The van der Waals surface area contributed by atoms with Crippen molar-refractivity contribution in [2.75, 3.05) is 19.6 Å². The van der Waals surface area contributed by atoms with Gasteiger partial charge in [0.05, 0.1) is 22.7 Å². The molecule has 1 amide bonds. The van der Waals surface area contributed by atoms with Crippen molar-refractivity contribution in [3.8, 4) is 0 Å². The van der Waals surface area contributed by atoms with Crippen LogP contribution in [0.3, 0.4) is 0 Å². The zero-order valence-corrected chi connectivity index (χ0v) is 18.6. The Bertz CT molecular complexity index is 985. The number of carbonyl (C=O) groups is 1. The van der Waals surface area contributed by atoms with Gasteiger partial charge in [0.2, 0.25) is 5.91 Å². The lowest BCUT2D eigenvalue weighted by molar-refractivity contribution is -0.133. The largest absolute Gasteiger partial charge is 0.370 e. The zero-order valence-electron chi connectivity index (χ0n) is 17.8. The highest BCUT2D eigenvalue weighted by molar-refractivity contribution is 7.99. The van der Waals surface area contributed by atoms with E-state index < -0.39 is 6.04 Å². The lowest BCUT2D eigenvalue weighted by Crippen LogP contribution is -2.47. The van der Waals surface area contributed by atoms with Gasteiger partial charge in [-0.25, -0.2) is 4.98 Å². The number of likely N-dealkylation sites (tertiary alicyclic amines) is 1. The molecule has 1 aromatic heterocycles. The number of guanidine groups is 1. The van der Waals surface area contributed by atoms with E-state index in [9.17, 15) is 9.59 Å². The van der Waals surface area contributed by atoms with E-state index >= 15 is 0 Å². The first-order chi connectivity index (χ1) is 14.8. The minimum absolute atomic E-state index is 0.0118. The van der Waals surface area contributed by atoms with E-state index in [1.165, 1.54) is 0 Å². The van der Waals surface area contributed by atoms with E-state index in [1.807, 2.05) is 24.0 Å². The van der Waals surface area contributed by atoms with Crippen molar-refractivity contribution in [2.24, 2.45) is 11.5 Å². The van der Waals surface area contributed by atoms with Crippen LogP contribution in [0.15, 0.2) is 23.0 Å². The number of nitrogens with zero attached hydrogens (tertiary/aromatic N) is 2. The minimum Gasteiger partial charge on any atom is -0.370 e. The van der Waals surface area contributed by atoms with E-state index in [0.717, 1.165) is 23.9 Å². The topological polar surface area (TPSA) is 154 Å². The maximum Gasteiger partial charge on any atom is 0.258 e. The second-order valence-corrected chi connectivity index (χ2v) is 9.20. The summed E-state index contributed by atoms with van der Waals surface area (Å²) in [5, 5.41) is 10.9. The number of hydrogen-bond acceptors (Lipinski definition) is 6. The number of aromatic nitrogens is 2. The van der Waals surface area contributed by atoms with Gasteiger partial charge in [-0.3, -0.25) is 15.0 Å². The van der Waals surface area contributed by atoms with Gasteiger partial charge in [-0.2, -0.15) is 11.8 Å². The van der Waals surface area contributed by atoms with Crippen LogP contribution in [0.4, 0.5) is 0 Å². The number of nitrogens with two attached hydrogens (primary N) is 2. The van der Waals surface area contributed by atoms with Gasteiger partial charge in [-0.1, -0.05) is 12.1 Å². The van der Waals surface area contributed by atoms with Crippen LogP contribution in [0.5, 0.6) is 0 Å². The molecule has 1 unspecified atom stereocenters. The molecule has 2 aromatic rings. The number of carbonyl (C=O) groups excluding carboxylic acids is 1. The summed E-state index contributed by atoms with van der Waals surface area (Å²) in [7, 11) is 0. The Morgan fingerprint density at radius 3 is 2.87 bits per heavy atom. The number of aromatic amines is 1. The van der Waals surface area contributed by atoms with E-state index in [4.69, 9.17) is 16.9 Å². The fourth-order valence-electron chi connectivity index (χ4n) is 3.76. The van der Waals surface area contributed by atoms with E-state index in [0.29, 0.717) is 54.7 Å². The average molecular weight is 446 g/mol. The molecule has 9 nitrogen and oxygen atoms in total. The quantitative estimate of drug-likeness (QED) is 0.231. The van der Waals surface area contributed by atoms with Crippen molar-refractivity contribution in [1.82, 2.24) is 20.2 Å². The first-order valence-electron chi connectivity index (χ1n) is 10.6. The lowest BCUT2D eigenvalue weighted by Gasteiger charge is -2.33. The number of fused-ring (bicyclic) bond motifs is 1. The van der Waals surface area contributed by atoms with Crippen LogP contribution < -0.4 is 22.3 Å². The van der Waals surface area contributed by atoms with Gasteiger partial charge in [-0.15, -0.1) is 0 Å². The molecular formula is C21H31N7O2S. The molecule has 1 saturated heterocycles. The predicted molar refractivity (Wildman–Crippen MR) is 125 cm³/mol. The molecule has 10 heteroatoms. The average Bonchev–Trinajstić information content (AvgIpc) is 2.75. The van der Waals surface area contributed by atoms with Gasteiger partial charge in [0.1, 0.15) is 5.82 Å². The second-order valence-electron chi connectivity index (χ2n) is 7.91. The molecule has 0 spiro atoms. The molecule has 168 valence electrons. The van der Waals surface area contributed by atoms with E-state index in [-0.39, 0.29) is 17.4 Å². The summed E-state index contributed by atoms with van der Waals surface area (Å²) in [4.78, 5) is 34.3. The predicted octanol–water partition coefficient (Wildman–Crippen LogP) is 1.05. The fourth-order valence-corrected chi connectivity index (χ4v) is 4.84. The molecular weight excluding hydrogens is 414 g/mol. The Morgan fingerprint density at radius 2 is 2.16 bits per heavy atom. The molecule has 0 bridgehead atoms. The highest BCUT2D eigenvalue weighted by atomic mass is 32.2. The van der Waals surface area contributed by atoms with Gasteiger partial charge in [-0.05, 0) is 44.2 Å². The molecule has 7 N–H and O–H groups in total. The summed E-state index contributed by atoms with van der Waals surface area (Å²) < 4.78 is 0. The number of rotatable bonds is 8. The second kappa shape index (κ2) is 10.6. The van der Waals surface area contributed by atoms with Crippen molar-refractivity contribution in [3.63, 3.8) is 0 Å². The van der Waals surface area contributed by atoms with E-state index in [1.54, 1.807) is 17.8 Å². The normalized spacial score (nSPS) is 15.7. The Balaban J connectivity index is 1.45. The van der Waals surface area contributed by atoms with Crippen molar-refractivity contribution in [2.45, 2.75) is 49.7 Å².